The van der Waals surface area contributed by atoms with Crippen LogP contribution in [0.2, 0.25) is 0 Å². The number of aromatic nitrogens is 1. The lowest BCUT2D eigenvalue weighted by atomic mass is 10.2. The van der Waals surface area contributed by atoms with Crippen LogP contribution in [0.25, 0.3) is 0 Å². The lowest BCUT2D eigenvalue weighted by Gasteiger charge is -2.06. The van der Waals surface area contributed by atoms with Crippen LogP contribution in [0, 0.1) is 12.7 Å². The molecule has 2 N–H and O–H groups in total. The summed E-state index contributed by atoms with van der Waals surface area (Å²) in [5.41, 5.74) is 0.588. The molecule has 0 atom stereocenters. The highest BCUT2D eigenvalue weighted by molar-refractivity contribution is 7.17. The molecule has 8 heteroatoms. The number of anilines is 1. The van der Waals surface area contributed by atoms with Crippen LogP contribution in [0.15, 0.2) is 24.3 Å². The molecule has 6 nitrogen and oxygen atoms in total. The van der Waals surface area contributed by atoms with Gasteiger partial charge in [0.1, 0.15) is 10.7 Å². The number of nitrogens with zero attached hydrogens (tertiary/aromatic N) is 1. The highest BCUT2D eigenvalue weighted by atomic mass is 32.1. The smallest absolute Gasteiger partial charge is 0.350 e. The van der Waals surface area contributed by atoms with E-state index in [1.165, 1.54) is 36.6 Å². The van der Waals surface area contributed by atoms with Crippen LogP contribution in [0.4, 0.5) is 9.52 Å². The van der Waals surface area contributed by atoms with E-state index in [2.05, 4.69) is 20.4 Å². The minimum atomic E-state index is -0.559. The van der Waals surface area contributed by atoms with Gasteiger partial charge < -0.3 is 15.4 Å². The highest BCUT2D eigenvalue weighted by Crippen LogP contribution is 2.22. The van der Waals surface area contributed by atoms with E-state index >= 15 is 0 Å². The second-order valence-electron chi connectivity index (χ2n) is 4.59. The molecule has 0 saturated carbocycles. The van der Waals surface area contributed by atoms with E-state index in [-0.39, 0.29) is 5.56 Å². The molecule has 0 aliphatic heterocycles. The van der Waals surface area contributed by atoms with Gasteiger partial charge in [0, 0.05) is 13.1 Å². The van der Waals surface area contributed by atoms with E-state index in [0.29, 0.717) is 28.8 Å². The molecule has 0 fully saturated rings. The van der Waals surface area contributed by atoms with E-state index in [1.54, 1.807) is 13.0 Å². The second kappa shape index (κ2) is 7.68. The number of thiazole rings is 1. The molecule has 1 aromatic carbocycles. The maximum atomic E-state index is 13.4. The van der Waals surface area contributed by atoms with Gasteiger partial charge in [-0.2, -0.15) is 0 Å². The van der Waals surface area contributed by atoms with Crippen molar-refractivity contribution in [2.24, 2.45) is 0 Å². The lowest BCUT2D eigenvalue weighted by Crippen LogP contribution is -2.29. The van der Waals surface area contributed by atoms with Crippen LogP contribution in [-0.4, -0.2) is 37.1 Å². The van der Waals surface area contributed by atoms with Crippen LogP contribution < -0.4 is 10.6 Å². The van der Waals surface area contributed by atoms with Gasteiger partial charge in [-0.15, -0.1) is 0 Å². The zero-order chi connectivity index (χ0) is 16.8. The Balaban J connectivity index is 1.83. The van der Waals surface area contributed by atoms with Crippen LogP contribution in [-0.2, 0) is 4.74 Å². The summed E-state index contributed by atoms with van der Waals surface area (Å²) in [7, 11) is 1.31. The van der Waals surface area contributed by atoms with E-state index < -0.39 is 17.7 Å². The number of hydrogen-bond donors (Lipinski definition) is 2. The number of aryl methyl sites for hydroxylation is 1. The molecule has 0 bridgehead atoms. The number of esters is 1. The van der Waals surface area contributed by atoms with Gasteiger partial charge in [-0.3, -0.25) is 4.79 Å². The van der Waals surface area contributed by atoms with Crippen molar-refractivity contribution in [3.8, 4) is 0 Å². The Kier molecular flexibility index (Phi) is 5.64. The molecule has 0 spiro atoms. The monoisotopic (exact) mass is 337 g/mol. The third kappa shape index (κ3) is 4.26. The molecular weight excluding hydrogens is 321 g/mol. The molecule has 1 aromatic heterocycles. The maximum absolute atomic E-state index is 13.4. The van der Waals surface area contributed by atoms with Gasteiger partial charge in [0.25, 0.3) is 5.91 Å². The Morgan fingerprint density at radius 2 is 2.04 bits per heavy atom. The van der Waals surface area contributed by atoms with Gasteiger partial charge in [-0.1, -0.05) is 23.5 Å². The third-order valence-electron chi connectivity index (χ3n) is 2.97. The van der Waals surface area contributed by atoms with E-state index in [1.807, 2.05) is 0 Å². The fraction of sp³-hybridized carbons (Fsp3) is 0.267. The summed E-state index contributed by atoms with van der Waals surface area (Å²) >= 11 is 1.18. The Morgan fingerprint density at radius 3 is 2.74 bits per heavy atom. The van der Waals surface area contributed by atoms with Crippen LogP contribution in [0.3, 0.4) is 0 Å². The van der Waals surface area contributed by atoms with Crippen molar-refractivity contribution in [1.29, 1.82) is 0 Å². The number of amides is 1. The summed E-state index contributed by atoms with van der Waals surface area (Å²) in [4.78, 5) is 27.9. The van der Waals surface area contributed by atoms with Gasteiger partial charge >= 0.3 is 5.97 Å². The quantitative estimate of drug-likeness (QED) is 0.624. The number of benzene rings is 1. The van der Waals surface area contributed by atoms with Crippen LogP contribution >= 0.6 is 11.3 Å². The predicted octanol–water partition coefficient (Wildman–Crippen LogP) is 2.22. The number of nitrogens with one attached hydrogen (secondary N) is 2. The molecule has 0 aliphatic carbocycles. The Hall–Kier alpha value is -2.48. The number of rotatable bonds is 6. The molecule has 2 rings (SSSR count). The molecule has 0 radical (unpaired) electrons. The Morgan fingerprint density at radius 1 is 1.30 bits per heavy atom. The second-order valence-corrected chi connectivity index (χ2v) is 5.59. The van der Waals surface area contributed by atoms with E-state index in [0.717, 1.165) is 0 Å². The number of carbonyl (C=O) groups excluding carboxylic acids is 2. The van der Waals surface area contributed by atoms with Gasteiger partial charge in [0.05, 0.1) is 18.4 Å². The van der Waals surface area contributed by atoms with Crippen molar-refractivity contribution in [2.75, 3.05) is 25.5 Å². The highest BCUT2D eigenvalue weighted by Gasteiger charge is 2.15. The normalized spacial score (nSPS) is 10.2. The predicted molar refractivity (Wildman–Crippen MR) is 85.4 cm³/mol. The van der Waals surface area contributed by atoms with Crippen molar-refractivity contribution in [3.05, 3.63) is 46.2 Å². The first-order valence-electron chi connectivity index (χ1n) is 6.85. The molecule has 23 heavy (non-hydrogen) atoms. The fourth-order valence-electron chi connectivity index (χ4n) is 1.84. The summed E-state index contributed by atoms with van der Waals surface area (Å²) < 4.78 is 18.1. The standard InChI is InChI=1S/C15H16FN3O3S/c1-9-12(14(21)22-2)23-15(19-9)18-8-7-17-13(20)10-5-3-4-6-11(10)16/h3-6H,7-8H2,1-2H3,(H,17,20)(H,18,19). The molecule has 1 heterocycles. The number of halogens is 1. The van der Waals surface area contributed by atoms with E-state index in [4.69, 9.17) is 0 Å². The maximum Gasteiger partial charge on any atom is 0.350 e. The number of carbonyl (C=O) groups is 2. The zero-order valence-electron chi connectivity index (χ0n) is 12.7. The molecule has 1 amide bonds. The first-order valence-corrected chi connectivity index (χ1v) is 7.67. The summed E-state index contributed by atoms with van der Waals surface area (Å²) in [5.74, 6) is -1.47. The summed E-state index contributed by atoms with van der Waals surface area (Å²) in [6.45, 7) is 2.40. The number of hydrogen-bond acceptors (Lipinski definition) is 6. The first-order chi connectivity index (χ1) is 11.0. The topological polar surface area (TPSA) is 80.3 Å². The SMILES string of the molecule is COC(=O)c1sc(NCCNC(=O)c2ccccc2F)nc1C. The number of methoxy groups -OCH3 is 1. The minimum absolute atomic E-state index is 0.00516. The lowest BCUT2D eigenvalue weighted by molar-refractivity contribution is 0.0605. The zero-order valence-corrected chi connectivity index (χ0v) is 13.5. The van der Waals surface area contributed by atoms with Gasteiger partial charge in [0.2, 0.25) is 0 Å². The third-order valence-corrected chi connectivity index (χ3v) is 4.07. The van der Waals surface area contributed by atoms with Crippen LogP contribution in [0.5, 0.6) is 0 Å². The molecule has 2 aromatic rings. The van der Waals surface area contributed by atoms with Crippen molar-refractivity contribution < 1.29 is 18.7 Å². The van der Waals surface area contributed by atoms with Gasteiger partial charge in [-0.05, 0) is 19.1 Å². The summed E-state index contributed by atoms with van der Waals surface area (Å²) in [6, 6.07) is 5.78. The average molecular weight is 337 g/mol. The molecule has 122 valence electrons. The largest absolute Gasteiger partial charge is 0.465 e. The van der Waals surface area contributed by atoms with Crippen molar-refractivity contribution in [3.63, 3.8) is 0 Å². The van der Waals surface area contributed by atoms with Crippen molar-refractivity contribution in [2.45, 2.75) is 6.92 Å². The first kappa shape index (κ1) is 16.9. The Labute approximate surface area is 136 Å². The summed E-state index contributed by atoms with van der Waals surface area (Å²) in [5, 5.41) is 6.16. The van der Waals surface area contributed by atoms with Gasteiger partial charge in [0.15, 0.2) is 5.13 Å². The number of ether oxygens (including phenoxy) is 1. The van der Waals surface area contributed by atoms with Crippen molar-refractivity contribution >= 4 is 28.3 Å². The molecule has 0 aliphatic rings. The van der Waals surface area contributed by atoms with Gasteiger partial charge in [-0.25, -0.2) is 14.2 Å². The summed E-state index contributed by atoms with van der Waals surface area (Å²) in [6.07, 6.45) is 0. The average Bonchev–Trinajstić information content (AvgIpc) is 2.92. The molecule has 0 saturated heterocycles. The fourth-order valence-corrected chi connectivity index (χ4v) is 2.75. The Bertz CT molecular complexity index is 718. The van der Waals surface area contributed by atoms with Crippen LogP contribution in [0.1, 0.15) is 25.7 Å². The molecular formula is C15H16FN3O3S. The van der Waals surface area contributed by atoms with Crippen molar-refractivity contribution in [1.82, 2.24) is 10.3 Å². The molecule has 0 unspecified atom stereocenters. The van der Waals surface area contributed by atoms with E-state index in [9.17, 15) is 14.0 Å². The minimum Gasteiger partial charge on any atom is -0.465 e.